The number of nitrogens with one attached hydrogen (secondary N) is 1. The van der Waals surface area contributed by atoms with E-state index in [4.69, 9.17) is 11.6 Å². The van der Waals surface area contributed by atoms with Gasteiger partial charge in [-0.1, -0.05) is 59.8 Å². The maximum absolute atomic E-state index is 12.2. The number of halogens is 1. The normalized spacial score (nSPS) is 17.5. The molecule has 0 aromatic heterocycles. The molecule has 26 heavy (non-hydrogen) atoms. The van der Waals surface area contributed by atoms with Crippen molar-refractivity contribution in [3.05, 3.63) is 64.7 Å². The van der Waals surface area contributed by atoms with Gasteiger partial charge in [0.15, 0.2) is 5.17 Å². The van der Waals surface area contributed by atoms with Crippen molar-refractivity contribution in [1.29, 1.82) is 0 Å². The minimum Gasteiger partial charge on any atom is -0.351 e. The first-order valence-electron chi connectivity index (χ1n) is 8.34. The van der Waals surface area contributed by atoms with Crippen molar-refractivity contribution in [3.63, 3.8) is 0 Å². The van der Waals surface area contributed by atoms with Gasteiger partial charge in [-0.25, -0.2) is 10.0 Å². The van der Waals surface area contributed by atoms with E-state index in [0.29, 0.717) is 11.6 Å². The van der Waals surface area contributed by atoms with E-state index in [-0.39, 0.29) is 17.7 Å². The second kappa shape index (κ2) is 7.51. The summed E-state index contributed by atoms with van der Waals surface area (Å²) < 4.78 is 0. The minimum absolute atomic E-state index is 0.0591. The largest absolute Gasteiger partial charge is 0.351 e. The number of carbonyl (C=O) groups is 1. The monoisotopic (exact) mass is 384 g/mol. The number of aliphatic imine (C=N–C) groups is 1. The van der Waals surface area contributed by atoms with Crippen LogP contribution in [0.5, 0.6) is 0 Å². The summed E-state index contributed by atoms with van der Waals surface area (Å²) in [7, 11) is 0. The van der Waals surface area contributed by atoms with Gasteiger partial charge in [-0.15, -0.1) is 0 Å². The van der Waals surface area contributed by atoms with Gasteiger partial charge in [0.05, 0.1) is 17.5 Å². The Morgan fingerprint density at radius 2 is 2.04 bits per heavy atom. The molecule has 2 aliphatic rings. The van der Waals surface area contributed by atoms with Crippen LogP contribution in [-0.2, 0) is 11.3 Å². The number of benzene rings is 2. The zero-order valence-electron chi connectivity index (χ0n) is 13.9. The smallest absolute Gasteiger partial charge is 0.230 e. The second-order valence-electron chi connectivity index (χ2n) is 6.00. The molecule has 1 unspecified atom stereocenters. The lowest BCUT2D eigenvalue weighted by molar-refractivity contribution is -0.118. The van der Waals surface area contributed by atoms with Crippen molar-refractivity contribution in [2.45, 2.75) is 19.0 Å². The van der Waals surface area contributed by atoms with Gasteiger partial charge < -0.3 is 5.32 Å². The summed E-state index contributed by atoms with van der Waals surface area (Å²) >= 11 is 7.52. The molecule has 1 N–H and O–H groups in total. The predicted molar refractivity (Wildman–Crippen MR) is 107 cm³/mol. The van der Waals surface area contributed by atoms with Crippen LogP contribution in [0.15, 0.2) is 58.6 Å². The van der Waals surface area contributed by atoms with E-state index in [1.807, 2.05) is 53.7 Å². The molecular weight excluding hydrogens is 368 g/mol. The molecule has 0 spiro atoms. The highest BCUT2D eigenvalue weighted by molar-refractivity contribution is 8.14. The standard InChI is InChI=1S/C19H17ClN4OS/c20-15-7-3-1-5-13(15)11-21-18(25)12-26-19-23-16-8-4-2-6-14(16)17-9-10-22-24(17)19/h1-8,10,17H,9,11-12H2,(H,21,25). The third-order valence-corrected chi connectivity index (χ3v) is 5.62. The van der Waals surface area contributed by atoms with Gasteiger partial charge in [0.2, 0.25) is 5.91 Å². The van der Waals surface area contributed by atoms with Gasteiger partial charge in [0.25, 0.3) is 0 Å². The molecule has 0 saturated carbocycles. The lowest BCUT2D eigenvalue weighted by Crippen LogP contribution is -2.30. The number of hydrogen-bond donors (Lipinski definition) is 1. The number of hydrazone groups is 1. The van der Waals surface area contributed by atoms with E-state index >= 15 is 0 Å². The van der Waals surface area contributed by atoms with Crippen molar-refractivity contribution in [3.8, 4) is 0 Å². The Labute approximate surface area is 161 Å². The van der Waals surface area contributed by atoms with E-state index in [9.17, 15) is 4.79 Å². The molecule has 5 nitrogen and oxygen atoms in total. The Morgan fingerprint density at radius 1 is 1.23 bits per heavy atom. The van der Waals surface area contributed by atoms with Crippen LogP contribution < -0.4 is 5.32 Å². The maximum atomic E-state index is 12.2. The number of nitrogens with zero attached hydrogens (tertiary/aromatic N) is 3. The highest BCUT2D eigenvalue weighted by Gasteiger charge is 2.32. The summed E-state index contributed by atoms with van der Waals surface area (Å²) in [6.07, 6.45) is 2.76. The molecule has 2 aromatic rings. The number of amidine groups is 1. The number of thioether (sulfide) groups is 1. The molecule has 4 rings (SSSR count). The van der Waals surface area contributed by atoms with Crippen molar-refractivity contribution < 1.29 is 4.79 Å². The Bertz CT molecular complexity index is 899. The molecule has 2 heterocycles. The molecule has 1 amide bonds. The van der Waals surface area contributed by atoms with Crippen molar-refractivity contribution in [2.75, 3.05) is 5.75 Å². The average molecular weight is 385 g/mol. The van der Waals surface area contributed by atoms with Crippen molar-refractivity contribution >= 4 is 46.3 Å². The van der Waals surface area contributed by atoms with Crippen LogP contribution in [0, 0.1) is 0 Å². The molecule has 7 heteroatoms. The van der Waals surface area contributed by atoms with Gasteiger partial charge in [-0.2, -0.15) is 5.10 Å². The van der Waals surface area contributed by atoms with Crippen LogP contribution in [0.3, 0.4) is 0 Å². The zero-order chi connectivity index (χ0) is 17.9. The Kier molecular flexibility index (Phi) is 4.95. The summed E-state index contributed by atoms with van der Waals surface area (Å²) in [5.74, 6) is 0.223. The fraction of sp³-hybridized carbons (Fsp3) is 0.211. The fourth-order valence-electron chi connectivity index (χ4n) is 3.00. The molecule has 0 saturated heterocycles. The summed E-state index contributed by atoms with van der Waals surface area (Å²) in [6, 6.07) is 15.8. The number of amides is 1. The first-order chi connectivity index (χ1) is 12.7. The van der Waals surface area contributed by atoms with Gasteiger partial charge in [0, 0.05) is 29.8 Å². The molecule has 0 bridgehead atoms. The third-order valence-electron chi connectivity index (χ3n) is 4.30. The highest BCUT2D eigenvalue weighted by atomic mass is 35.5. The topological polar surface area (TPSA) is 57.1 Å². The molecule has 2 aliphatic heterocycles. The Balaban J connectivity index is 1.39. The first-order valence-corrected chi connectivity index (χ1v) is 9.71. The second-order valence-corrected chi connectivity index (χ2v) is 7.35. The number of fused-ring (bicyclic) bond motifs is 3. The number of hydrogen-bond acceptors (Lipinski definition) is 5. The quantitative estimate of drug-likeness (QED) is 0.862. The van der Waals surface area contributed by atoms with Crippen LogP contribution >= 0.6 is 23.4 Å². The first kappa shape index (κ1) is 17.1. The number of rotatable bonds is 4. The lowest BCUT2D eigenvalue weighted by Gasteiger charge is -2.29. The van der Waals surface area contributed by atoms with E-state index in [0.717, 1.165) is 22.8 Å². The predicted octanol–water partition coefficient (Wildman–Crippen LogP) is 4.12. The molecular formula is C19H17ClN4OS. The zero-order valence-corrected chi connectivity index (χ0v) is 15.5. The summed E-state index contributed by atoms with van der Waals surface area (Å²) in [5, 5.41) is 10.7. The molecule has 132 valence electrons. The molecule has 1 atom stereocenters. The van der Waals surface area contributed by atoms with Gasteiger partial charge in [0.1, 0.15) is 0 Å². The molecule has 0 aliphatic carbocycles. The number of para-hydroxylation sites is 1. The van der Waals surface area contributed by atoms with E-state index in [2.05, 4.69) is 21.5 Å². The summed E-state index contributed by atoms with van der Waals surface area (Å²) in [5.41, 5.74) is 3.04. The summed E-state index contributed by atoms with van der Waals surface area (Å²) in [4.78, 5) is 16.9. The highest BCUT2D eigenvalue weighted by Crippen LogP contribution is 2.40. The molecule has 0 radical (unpaired) electrons. The van der Waals surface area contributed by atoms with Crippen LogP contribution in [0.25, 0.3) is 0 Å². The van der Waals surface area contributed by atoms with Crippen molar-refractivity contribution in [2.24, 2.45) is 10.1 Å². The van der Waals surface area contributed by atoms with E-state index in [1.165, 1.54) is 17.3 Å². The Morgan fingerprint density at radius 3 is 2.92 bits per heavy atom. The molecule has 2 aromatic carbocycles. The van der Waals surface area contributed by atoms with E-state index in [1.54, 1.807) is 0 Å². The number of carbonyl (C=O) groups excluding carboxylic acids is 1. The van der Waals surface area contributed by atoms with Crippen LogP contribution in [0.2, 0.25) is 5.02 Å². The fourth-order valence-corrected chi connectivity index (χ4v) is 4.03. The molecule has 0 fully saturated rings. The van der Waals surface area contributed by atoms with Crippen LogP contribution in [-0.4, -0.2) is 28.1 Å². The third kappa shape index (κ3) is 3.48. The van der Waals surface area contributed by atoms with Crippen LogP contribution in [0.1, 0.15) is 23.6 Å². The summed E-state index contributed by atoms with van der Waals surface area (Å²) in [6.45, 7) is 0.416. The van der Waals surface area contributed by atoms with Gasteiger partial charge >= 0.3 is 0 Å². The minimum atomic E-state index is -0.0591. The van der Waals surface area contributed by atoms with E-state index < -0.39 is 0 Å². The lowest BCUT2D eigenvalue weighted by atomic mass is 10.0. The average Bonchev–Trinajstić information content (AvgIpc) is 3.16. The van der Waals surface area contributed by atoms with Crippen molar-refractivity contribution in [1.82, 2.24) is 10.3 Å². The SMILES string of the molecule is O=C(CSC1=Nc2ccccc2C2CC=NN12)NCc1ccccc1Cl. The Hall–Kier alpha value is -2.31. The van der Waals surface area contributed by atoms with Crippen LogP contribution in [0.4, 0.5) is 5.69 Å². The van der Waals surface area contributed by atoms with Gasteiger partial charge in [-0.3, -0.25) is 4.79 Å². The van der Waals surface area contributed by atoms with Gasteiger partial charge in [-0.05, 0) is 17.7 Å². The maximum Gasteiger partial charge on any atom is 0.230 e.